The molecule has 1 aromatic carbocycles. The van der Waals surface area contributed by atoms with E-state index < -0.39 is 66.1 Å². The highest BCUT2D eigenvalue weighted by Crippen LogP contribution is 2.35. The fraction of sp³-hybridized carbons (Fsp3) is 0.462. The topological polar surface area (TPSA) is 208 Å². The Morgan fingerprint density at radius 2 is 1.42 bits per heavy atom. The van der Waals surface area contributed by atoms with Gasteiger partial charge in [0.2, 0.25) is 6.29 Å². The standard InChI is InChI=1S/C13H18O11/c14-3-7(17)9(19)10(20)11(21)13(23)24-12(22)4-1-5(15)8(18)6(16)2-4/h1-2,7,9-11,13-21,23H,3H2/t7-,9+,10+,11+,13?/m0/s1. The van der Waals surface area contributed by atoms with Crippen molar-refractivity contribution in [1.29, 1.82) is 0 Å². The van der Waals surface area contributed by atoms with Gasteiger partial charge in [-0.2, -0.15) is 0 Å². The van der Waals surface area contributed by atoms with Crippen LogP contribution in [0.15, 0.2) is 12.1 Å². The molecular weight excluding hydrogens is 332 g/mol. The van der Waals surface area contributed by atoms with Crippen molar-refractivity contribution >= 4 is 5.97 Å². The summed E-state index contributed by atoms with van der Waals surface area (Å²) < 4.78 is 4.38. The Labute approximate surface area is 134 Å². The summed E-state index contributed by atoms with van der Waals surface area (Å²) in [5, 5.41) is 83.5. The minimum Gasteiger partial charge on any atom is -0.504 e. The molecule has 0 aromatic heterocycles. The number of hydrogen-bond acceptors (Lipinski definition) is 11. The molecule has 1 unspecified atom stereocenters. The first kappa shape index (κ1) is 19.9. The fourth-order valence-electron chi connectivity index (χ4n) is 1.68. The molecule has 0 heterocycles. The third-order valence-corrected chi connectivity index (χ3v) is 3.11. The van der Waals surface area contributed by atoms with Crippen LogP contribution in [-0.2, 0) is 4.74 Å². The van der Waals surface area contributed by atoms with E-state index in [-0.39, 0.29) is 0 Å². The molecule has 0 saturated heterocycles. The molecule has 1 rings (SSSR count). The van der Waals surface area contributed by atoms with Gasteiger partial charge in [0.05, 0.1) is 12.2 Å². The quantitative estimate of drug-likeness (QED) is 0.135. The molecule has 0 radical (unpaired) electrons. The van der Waals surface area contributed by atoms with E-state index in [4.69, 9.17) is 15.3 Å². The van der Waals surface area contributed by atoms with Crippen LogP contribution < -0.4 is 0 Å². The maximum atomic E-state index is 11.7. The largest absolute Gasteiger partial charge is 0.504 e. The average molecular weight is 350 g/mol. The van der Waals surface area contributed by atoms with Crippen LogP contribution in [0.25, 0.3) is 0 Å². The number of phenolic OH excluding ortho intramolecular Hbond substituents is 3. The molecule has 24 heavy (non-hydrogen) atoms. The van der Waals surface area contributed by atoms with Crippen LogP contribution in [0.4, 0.5) is 0 Å². The second kappa shape index (κ2) is 8.10. The molecule has 0 aliphatic rings. The fourth-order valence-corrected chi connectivity index (χ4v) is 1.68. The number of carbonyl (C=O) groups excluding carboxylic acids is 1. The third-order valence-electron chi connectivity index (χ3n) is 3.11. The van der Waals surface area contributed by atoms with Gasteiger partial charge in [0.15, 0.2) is 17.2 Å². The van der Waals surface area contributed by atoms with E-state index in [1.807, 2.05) is 0 Å². The lowest BCUT2D eigenvalue weighted by Gasteiger charge is -2.28. The van der Waals surface area contributed by atoms with Crippen molar-refractivity contribution in [2.75, 3.05) is 6.61 Å². The van der Waals surface area contributed by atoms with Crippen molar-refractivity contribution in [1.82, 2.24) is 0 Å². The van der Waals surface area contributed by atoms with Gasteiger partial charge >= 0.3 is 5.97 Å². The first-order valence-corrected chi connectivity index (χ1v) is 6.57. The highest BCUT2D eigenvalue weighted by molar-refractivity contribution is 5.91. The number of aromatic hydroxyl groups is 3. The molecule has 0 bridgehead atoms. The predicted molar refractivity (Wildman–Crippen MR) is 74.0 cm³/mol. The molecule has 11 heteroatoms. The smallest absolute Gasteiger partial charge is 0.340 e. The van der Waals surface area contributed by atoms with Crippen molar-refractivity contribution in [3.8, 4) is 17.2 Å². The Morgan fingerprint density at radius 3 is 1.88 bits per heavy atom. The van der Waals surface area contributed by atoms with Crippen LogP contribution in [-0.4, -0.2) is 89.2 Å². The number of phenols is 3. The zero-order valence-electron chi connectivity index (χ0n) is 12.1. The summed E-state index contributed by atoms with van der Waals surface area (Å²) in [5.41, 5.74) is -0.500. The van der Waals surface area contributed by atoms with Gasteiger partial charge in [-0.3, -0.25) is 0 Å². The van der Waals surface area contributed by atoms with E-state index in [1.54, 1.807) is 0 Å². The Kier molecular flexibility index (Phi) is 6.71. The van der Waals surface area contributed by atoms with Crippen LogP contribution in [0.3, 0.4) is 0 Å². The zero-order chi connectivity index (χ0) is 18.6. The monoisotopic (exact) mass is 350 g/mol. The average Bonchev–Trinajstić information content (AvgIpc) is 2.55. The van der Waals surface area contributed by atoms with Gasteiger partial charge in [0.25, 0.3) is 0 Å². The van der Waals surface area contributed by atoms with E-state index in [9.17, 15) is 35.4 Å². The maximum Gasteiger partial charge on any atom is 0.340 e. The summed E-state index contributed by atoms with van der Waals surface area (Å²) in [6.07, 6.45) is -10.6. The molecule has 1 aromatic rings. The zero-order valence-corrected chi connectivity index (χ0v) is 12.1. The number of carbonyl (C=O) groups is 1. The molecular formula is C13H18O11. The summed E-state index contributed by atoms with van der Waals surface area (Å²) in [7, 11) is 0. The molecule has 0 fully saturated rings. The Bertz CT molecular complexity index is 552. The third kappa shape index (κ3) is 4.44. The van der Waals surface area contributed by atoms with E-state index >= 15 is 0 Å². The lowest BCUT2D eigenvalue weighted by molar-refractivity contribution is -0.191. The highest BCUT2D eigenvalue weighted by atomic mass is 16.6. The lowest BCUT2D eigenvalue weighted by Crippen LogP contribution is -2.50. The maximum absolute atomic E-state index is 11.7. The SMILES string of the molecule is O=C(OC(O)[C@H](O)[C@H](O)[C@H](O)[C@@H](O)CO)c1cc(O)c(O)c(O)c1. The first-order valence-electron chi connectivity index (χ1n) is 6.57. The van der Waals surface area contributed by atoms with Gasteiger partial charge < -0.3 is 50.7 Å². The van der Waals surface area contributed by atoms with Crippen molar-refractivity contribution in [3.05, 3.63) is 17.7 Å². The molecule has 9 N–H and O–H groups in total. The van der Waals surface area contributed by atoms with Gasteiger partial charge in [0.1, 0.15) is 24.4 Å². The second-order valence-corrected chi connectivity index (χ2v) is 4.88. The minimum absolute atomic E-state index is 0.500. The number of esters is 1. The van der Waals surface area contributed by atoms with E-state index in [2.05, 4.69) is 4.74 Å². The summed E-state index contributed by atoms with van der Waals surface area (Å²) in [5.74, 6) is -3.93. The summed E-state index contributed by atoms with van der Waals surface area (Å²) >= 11 is 0. The summed E-state index contributed by atoms with van der Waals surface area (Å²) in [6, 6.07) is 1.41. The molecule has 5 atom stereocenters. The normalized spacial score (nSPS) is 17.6. The number of aliphatic hydroxyl groups is 6. The van der Waals surface area contributed by atoms with Crippen LogP contribution in [0.2, 0.25) is 0 Å². The number of rotatable bonds is 7. The first-order chi connectivity index (χ1) is 11.1. The number of benzene rings is 1. The molecule has 0 aliphatic carbocycles. The second-order valence-electron chi connectivity index (χ2n) is 4.88. The van der Waals surface area contributed by atoms with Gasteiger partial charge in [0, 0.05) is 0 Å². The van der Waals surface area contributed by atoms with Crippen LogP contribution in [0.5, 0.6) is 17.2 Å². The molecule has 11 nitrogen and oxygen atoms in total. The van der Waals surface area contributed by atoms with Crippen molar-refractivity contribution < 1.29 is 55.5 Å². The van der Waals surface area contributed by atoms with Crippen molar-refractivity contribution in [2.24, 2.45) is 0 Å². The van der Waals surface area contributed by atoms with Gasteiger partial charge in [-0.05, 0) is 12.1 Å². The van der Waals surface area contributed by atoms with Crippen molar-refractivity contribution in [3.63, 3.8) is 0 Å². The molecule has 0 amide bonds. The Balaban J connectivity index is 2.79. The molecule has 136 valence electrons. The lowest BCUT2D eigenvalue weighted by atomic mass is 10.0. The van der Waals surface area contributed by atoms with Gasteiger partial charge in [-0.25, -0.2) is 4.79 Å². The van der Waals surface area contributed by atoms with Gasteiger partial charge in [-0.1, -0.05) is 0 Å². The minimum atomic E-state index is -2.36. The molecule has 0 aliphatic heterocycles. The number of aliphatic hydroxyl groups excluding tert-OH is 6. The molecule has 0 saturated carbocycles. The Morgan fingerprint density at radius 1 is 0.917 bits per heavy atom. The number of hydrogen-bond donors (Lipinski definition) is 9. The molecule has 0 spiro atoms. The van der Waals surface area contributed by atoms with Crippen LogP contribution >= 0.6 is 0 Å². The van der Waals surface area contributed by atoms with Crippen LogP contribution in [0.1, 0.15) is 10.4 Å². The Hall–Kier alpha value is -2.15. The summed E-state index contributed by atoms with van der Waals surface area (Å²) in [4.78, 5) is 11.7. The number of ether oxygens (including phenoxy) is 1. The van der Waals surface area contributed by atoms with E-state index in [1.165, 1.54) is 0 Å². The van der Waals surface area contributed by atoms with Gasteiger partial charge in [-0.15, -0.1) is 0 Å². The van der Waals surface area contributed by atoms with E-state index in [0.717, 1.165) is 0 Å². The predicted octanol–water partition coefficient (Wildman–Crippen LogP) is -3.29. The highest BCUT2D eigenvalue weighted by Gasteiger charge is 2.36. The van der Waals surface area contributed by atoms with Crippen LogP contribution in [0, 0.1) is 0 Å². The van der Waals surface area contributed by atoms with E-state index in [0.29, 0.717) is 12.1 Å². The van der Waals surface area contributed by atoms with Crippen molar-refractivity contribution in [2.45, 2.75) is 30.7 Å². The summed E-state index contributed by atoms with van der Waals surface area (Å²) in [6.45, 7) is -0.938.